The first kappa shape index (κ1) is 13.9. The predicted molar refractivity (Wildman–Crippen MR) is 57.1 cm³/mol. The highest BCUT2D eigenvalue weighted by Crippen LogP contribution is 2.20. The zero-order valence-electron chi connectivity index (χ0n) is 9.82. The highest BCUT2D eigenvalue weighted by molar-refractivity contribution is 4.61. The van der Waals surface area contributed by atoms with Crippen LogP contribution in [0.15, 0.2) is 0 Å². The molecule has 0 radical (unpaired) electrons. The van der Waals surface area contributed by atoms with Crippen LogP contribution in [-0.4, -0.2) is 32.2 Å². The molecule has 1 N–H and O–H groups in total. The minimum atomic E-state index is -0.0914. The van der Waals surface area contributed by atoms with Gasteiger partial charge in [-0.2, -0.15) is 0 Å². The summed E-state index contributed by atoms with van der Waals surface area (Å²) < 4.78 is 10.3. The Hall–Kier alpha value is -0.120. The summed E-state index contributed by atoms with van der Waals surface area (Å²) in [6, 6.07) is 0. The van der Waals surface area contributed by atoms with Gasteiger partial charge in [-0.3, -0.25) is 0 Å². The summed E-state index contributed by atoms with van der Waals surface area (Å²) in [5, 5.41) is 8.77. The quantitative estimate of drug-likeness (QED) is 0.615. The van der Waals surface area contributed by atoms with Crippen LogP contribution in [0.3, 0.4) is 0 Å². The van der Waals surface area contributed by atoms with Crippen LogP contribution >= 0.6 is 0 Å². The van der Waals surface area contributed by atoms with E-state index in [1.807, 2.05) is 0 Å². The van der Waals surface area contributed by atoms with Gasteiger partial charge >= 0.3 is 0 Å². The van der Waals surface area contributed by atoms with E-state index in [0.717, 1.165) is 19.3 Å². The SMILES string of the molecule is COC(C[C@@H](C)CC(C)CCO)OC. The van der Waals surface area contributed by atoms with Crippen molar-refractivity contribution in [3.05, 3.63) is 0 Å². The maximum atomic E-state index is 8.77. The fourth-order valence-electron chi connectivity index (χ4n) is 1.74. The lowest BCUT2D eigenvalue weighted by atomic mass is 9.92. The van der Waals surface area contributed by atoms with Gasteiger partial charge in [0.1, 0.15) is 0 Å². The fourth-order valence-corrected chi connectivity index (χ4v) is 1.74. The molecule has 0 amide bonds. The summed E-state index contributed by atoms with van der Waals surface area (Å²) in [6.45, 7) is 4.64. The van der Waals surface area contributed by atoms with E-state index in [0.29, 0.717) is 11.8 Å². The third-order valence-corrected chi connectivity index (χ3v) is 2.55. The van der Waals surface area contributed by atoms with Crippen molar-refractivity contribution < 1.29 is 14.6 Å². The Bertz CT molecular complexity index is 124. The average molecular weight is 204 g/mol. The summed E-state index contributed by atoms with van der Waals surface area (Å²) in [4.78, 5) is 0. The lowest BCUT2D eigenvalue weighted by molar-refractivity contribution is -0.114. The van der Waals surface area contributed by atoms with E-state index >= 15 is 0 Å². The minimum absolute atomic E-state index is 0.0914. The Balaban J connectivity index is 3.67. The topological polar surface area (TPSA) is 38.7 Å². The second-order valence-corrected chi connectivity index (χ2v) is 4.09. The third-order valence-electron chi connectivity index (χ3n) is 2.55. The van der Waals surface area contributed by atoms with E-state index in [1.54, 1.807) is 14.2 Å². The van der Waals surface area contributed by atoms with Crippen molar-refractivity contribution in [2.45, 2.75) is 39.4 Å². The van der Waals surface area contributed by atoms with E-state index in [4.69, 9.17) is 14.6 Å². The van der Waals surface area contributed by atoms with Gasteiger partial charge in [-0.1, -0.05) is 13.8 Å². The number of ether oxygens (including phenoxy) is 2. The molecule has 0 aromatic heterocycles. The van der Waals surface area contributed by atoms with Crippen molar-refractivity contribution in [3.63, 3.8) is 0 Å². The highest BCUT2D eigenvalue weighted by Gasteiger charge is 2.14. The van der Waals surface area contributed by atoms with Gasteiger partial charge in [0.2, 0.25) is 0 Å². The van der Waals surface area contributed by atoms with Gasteiger partial charge in [0.15, 0.2) is 6.29 Å². The van der Waals surface area contributed by atoms with Crippen LogP contribution in [0.5, 0.6) is 0 Å². The standard InChI is InChI=1S/C11H24O3/c1-9(5-6-12)7-10(2)8-11(13-3)14-4/h9-12H,5-8H2,1-4H3/t9?,10-/m0/s1. The van der Waals surface area contributed by atoms with Crippen molar-refractivity contribution >= 4 is 0 Å². The molecule has 3 nitrogen and oxygen atoms in total. The summed E-state index contributed by atoms with van der Waals surface area (Å²) in [7, 11) is 3.33. The second-order valence-electron chi connectivity index (χ2n) is 4.09. The lowest BCUT2D eigenvalue weighted by Gasteiger charge is -2.20. The molecule has 0 heterocycles. The summed E-state index contributed by atoms with van der Waals surface area (Å²) in [5.41, 5.74) is 0. The molecule has 14 heavy (non-hydrogen) atoms. The van der Waals surface area contributed by atoms with Gasteiger partial charge < -0.3 is 14.6 Å². The van der Waals surface area contributed by atoms with Crippen LogP contribution in [0.25, 0.3) is 0 Å². The number of rotatable bonds is 8. The number of methoxy groups -OCH3 is 2. The Labute approximate surface area is 87.4 Å². The van der Waals surface area contributed by atoms with Crippen LogP contribution in [-0.2, 0) is 9.47 Å². The zero-order valence-corrected chi connectivity index (χ0v) is 9.82. The molecule has 0 aromatic rings. The molecule has 0 aliphatic carbocycles. The number of aliphatic hydroxyl groups is 1. The number of aliphatic hydroxyl groups excluding tert-OH is 1. The van der Waals surface area contributed by atoms with Crippen LogP contribution < -0.4 is 0 Å². The Morgan fingerprint density at radius 3 is 2.00 bits per heavy atom. The Kier molecular flexibility index (Phi) is 8.14. The van der Waals surface area contributed by atoms with E-state index in [1.165, 1.54) is 0 Å². The molecule has 0 bridgehead atoms. The van der Waals surface area contributed by atoms with E-state index < -0.39 is 0 Å². The molecule has 0 fully saturated rings. The molecule has 0 spiro atoms. The van der Waals surface area contributed by atoms with Crippen molar-refractivity contribution in [2.24, 2.45) is 11.8 Å². The zero-order chi connectivity index (χ0) is 11.0. The molecule has 3 heteroatoms. The summed E-state index contributed by atoms with van der Waals surface area (Å²) in [6.07, 6.45) is 2.83. The first-order valence-electron chi connectivity index (χ1n) is 5.30. The van der Waals surface area contributed by atoms with Gasteiger partial charge in [0.25, 0.3) is 0 Å². The predicted octanol–water partition coefficient (Wildman–Crippen LogP) is 2.04. The molecular weight excluding hydrogens is 180 g/mol. The van der Waals surface area contributed by atoms with Crippen molar-refractivity contribution in [1.29, 1.82) is 0 Å². The summed E-state index contributed by atoms with van der Waals surface area (Å²) in [5.74, 6) is 1.14. The van der Waals surface area contributed by atoms with Gasteiger partial charge in [-0.05, 0) is 24.7 Å². The van der Waals surface area contributed by atoms with Gasteiger partial charge in [0, 0.05) is 27.2 Å². The molecule has 0 aliphatic rings. The molecule has 2 atom stereocenters. The smallest absolute Gasteiger partial charge is 0.157 e. The number of hydrogen-bond donors (Lipinski definition) is 1. The molecule has 0 aromatic carbocycles. The molecular formula is C11H24O3. The van der Waals surface area contributed by atoms with Crippen molar-refractivity contribution in [1.82, 2.24) is 0 Å². The van der Waals surface area contributed by atoms with Gasteiger partial charge in [-0.25, -0.2) is 0 Å². The van der Waals surface area contributed by atoms with Gasteiger partial charge in [-0.15, -0.1) is 0 Å². The number of hydrogen-bond acceptors (Lipinski definition) is 3. The first-order valence-corrected chi connectivity index (χ1v) is 5.30. The Morgan fingerprint density at radius 2 is 1.57 bits per heavy atom. The molecule has 0 saturated carbocycles. The van der Waals surface area contributed by atoms with E-state index in [-0.39, 0.29) is 12.9 Å². The van der Waals surface area contributed by atoms with E-state index in [9.17, 15) is 0 Å². The second kappa shape index (κ2) is 8.21. The largest absolute Gasteiger partial charge is 0.396 e. The van der Waals surface area contributed by atoms with Crippen molar-refractivity contribution in [2.75, 3.05) is 20.8 Å². The third kappa shape index (κ3) is 6.35. The normalized spacial score (nSPS) is 15.9. The summed E-state index contributed by atoms with van der Waals surface area (Å²) >= 11 is 0. The maximum Gasteiger partial charge on any atom is 0.157 e. The van der Waals surface area contributed by atoms with Crippen LogP contribution in [0, 0.1) is 11.8 Å². The molecule has 0 rings (SSSR count). The molecule has 1 unspecified atom stereocenters. The molecule has 0 saturated heterocycles. The van der Waals surface area contributed by atoms with Crippen LogP contribution in [0.4, 0.5) is 0 Å². The minimum Gasteiger partial charge on any atom is -0.396 e. The lowest BCUT2D eigenvalue weighted by Crippen LogP contribution is -2.18. The van der Waals surface area contributed by atoms with Crippen molar-refractivity contribution in [3.8, 4) is 0 Å². The van der Waals surface area contributed by atoms with Crippen LogP contribution in [0.1, 0.15) is 33.1 Å². The highest BCUT2D eigenvalue weighted by atomic mass is 16.7. The van der Waals surface area contributed by atoms with E-state index in [2.05, 4.69) is 13.8 Å². The average Bonchev–Trinajstić information content (AvgIpc) is 2.14. The van der Waals surface area contributed by atoms with Crippen LogP contribution in [0.2, 0.25) is 0 Å². The maximum absolute atomic E-state index is 8.77. The molecule has 86 valence electrons. The Morgan fingerprint density at radius 1 is 1.00 bits per heavy atom. The van der Waals surface area contributed by atoms with Gasteiger partial charge in [0.05, 0.1) is 0 Å². The monoisotopic (exact) mass is 204 g/mol. The fraction of sp³-hybridized carbons (Fsp3) is 1.00. The molecule has 0 aliphatic heterocycles. The first-order chi connectivity index (χ1) is 6.63.